The van der Waals surface area contributed by atoms with Gasteiger partial charge in [-0.05, 0) is 51.9 Å². The zero-order valence-electron chi connectivity index (χ0n) is 16.4. The summed E-state index contributed by atoms with van der Waals surface area (Å²) in [6.45, 7) is 6.85. The number of hydrogen-bond acceptors (Lipinski definition) is 6. The van der Waals surface area contributed by atoms with Gasteiger partial charge in [-0.15, -0.1) is 5.10 Å². The smallest absolute Gasteiger partial charge is 0.273 e. The van der Waals surface area contributed by atoms with Crippen LogP contribution >= 0.6 is 0 Å². The van der Waals surface area contributed by atoms with Crippen molar-refractivity contribution in [2.24, 2.45) is 0 Å². The van der Waals surface area contributed by atoms with E-state index >= 15 is 0 Å². The second kappa shape index (κ2) is 8.18. The molecule has 2 aliphatic heterocycles. The summed E-state index contributed by atoms with van der Waals surface area (Å²) in [5.74, 6) is 1.42. The molecule has 1 unspecified atom stereocenters. The molecular weight excluding hydrogens is 358 g/mol. The molecule has 8 heteroatoms. The van der Waals surface area contributed by atoms with Crippen LogP contribution in [0.5, 0.6) is 11.5 Å². The van der Waals surface area contributed by atoms with Gasteiger partial charge in [-0.3, -0.25) is 4.79 Å². The van der Waals surface area contributed by atoms with E-state index in [2.05, 4.69) is 20.9 Å². The fourth-order valence-corrected chi connectivity index (χ4v) is 3.81. The topological polar surface area (TPSA) is 90.3 Å². The van der Waals surface area contributed by atoms with Crippen molar-refractivity contribution < 1.29 is 14.3 Å². The van der Waals surface area contributed by atoms with E-state index in [0.29, 0.717) is 24.9 Å². The van der Waals surface area contributed by atoms with Crippen LogP contribution in [0.15, 0.2) is 18.3 Å². The number of nitrogens with zero attached hydrogens (tertiary/aromatic N) is 3. The minimum Gasteiger partial charge on any atom is -0.494 e. The third kappa shape index (κ3) is 3.96. The summed E-state index contributed by atoms with van der Waals surface area (Å²) < 4.78 is 13.4. The van der Waals surface area contributed by atoms with Crippen LogP contribution in [0, 0.1) is 0 Å². The van der Waals surface area contributed by atoms with Gasteiger partial charge in [0, 0.05) is 24.1 Å². The van der Waals surface area contributed by atoms with Gasteiger partial charge in [-0.2, -0.15) is 0 Å². The lowest BCUT2D eigenvalue weighted by Crippen LogP contribution is -2.29. The Morgan fingerprint density at radius 2 is 2.21 bits per heavy atom. The maximum atomic E-state index is 12.6. The lowest BCUT2D eigenvalue weighted by Gasteiger charge is -2.22. The van der Waals surface area contributed by atoms with Crippen LogP contribution in [-0.2, 0) is 13.0 Å². The molecule has 2 aliphatic rings. The van der Waals surface area contributed by atoms with E-state index in [1.165, 1.54) is 0 Å². The summed E-state index contributed by atoms with van der Waals surface area (Å²) in [7, 11) is 0. The highest BCUT2D eigenvalue weighted by Crippen LogP contribution is 2.35. The van der Waals surface area contributed by atoms with Crippen LogP contribution < -0.4 is 20.1 Å². The molecule has 28 heavy (non-hydrogen) atoms. The van der Waals surface area contributed by atoms with Gasteiger partial charge in [0.1, 0.15) is 17.6 Å². The molecule has 0 radical (unpaired) electrons. The summed E-state index contributed by atoms with van der Waals surface area (Å²) in [6, 6.07) is 4.29. The number of fused-ring (bicyclic) bond motifs is 1. The van der Waals surface area contributed by atoms with Crippen LogP contribution in [0.3, 0.4) is 0 Å². The van der Waals surface area contributed by atoms with Gasteiger partial charge >= 0.3 is 0 Å². The average Bonchev–Trinajstić information content (AvgIpc) is 3.33. The molecule has 2 N–H and O–H groups in total. The molecule has 3 heterocycles. The second-order valence-electron chi connectivity index (χ2n) is 7.38. The summed E-state index contributed by atoms with van der Waals surface area (Å²) in [5, 5.41) is 14.5. The molecule has 0 saturated carbocycles. The maximum absolute atomic E-state index is 12.6. The molecule has 1 saturated heterocycles. The van der Waals surface area contributed by atoms with E-state index in [0.717, 1.165) is 55.0 Å². The molecule has 1 fully saturated rings. The average molecular weight is 385 g/mol. The van der Waals surface area contributed by atoms with Gasteiger partial charge in [0.15, 0.2) is 5.69 Å². The normalized spacial score (nSPS) is 19.1. The van der Waals surface area contributed by atoms with Crippen molar-refractivity contribution in [3.63, 3.8) is 0 Å². The molecule has 0 spiro atoms. The molecule has 1 aromatic carbocycles. The molecule has 1 atom stereocenters. The molecule has 8 nitrogen and oxygen atoms in total. The number of aromatic nitrogens is 3. The largest absolute Gasteiger partial charge is 0.494 e. The van der Waals surface area contributed by atoms with Gasteiger partial charge in [-0.1, -0.05) is 5.21 Å². The van der Waals surface area contributed by atoms with Gasteiger partial charge in [0.25, 0.3) is 5.91 Å². The van der Waals surface area contributed by atoms with Crippen molar-refractivity contribution in [1.29, 1.82) is 0 Å². The molecule has 1 aromatic heterocycles. The van der Waals surface area contributed by atoms with Crippen molar-refractivity contribution in [1.82, 2.24) is 25.6 Å². The number of amides is 1. The fraction of sp³-hybridized carbons (Fsp3) is 0.550. The minimum absolute atomic E-state index is 0.166. The third-order valence-electron chi connectivity index (χ3n) is 5.24. The third-order valence-corrected chi connectivity index (χ3v) is 5.24. The Balaban J connectivity index is 1.43. The van der Waals surface area contributed by atoms with Crippen molar-refractivity contribution in [3.05, 3.63) is 35.2 Å². The van der Waals surface area contributed by atoms with Gasteiger partial charge in [0.05, 0.1) is 18.8 Å². The van der Waals surface area contributed by atoms with Crippen LogP contribution in [0.1, 0.15) is 54.3 Å². The number of benzene rings is 1. The van der Waals surface area contributed by atoms with E-state index < -0.39 is 0 Å². The Hall–Kier alpha value is -2.61. The van der Waals surface area contributed by atoms with Crippen molar-refractivity contribution in [2.45, 2.75) is 51.8 Å². The van der Waals surface area contributed by atoms with E-state index in [4.69, 9.17) is 9.47 Å². The number of piperidine rings is 1. The first-order valence-corrected chi connectivity index (χ1v) is 10.00. The first kappa shape index (κ1) is 18.7. The van der Waals surface area contributed by atoms with Crippen molar-refractivity contribution in [2.75, 3.05) is 19.7 Å². The summed E-state index contributed by atoms with van der Waals surface area (Å²) >= 11 is 0. The molecule has 2 aromatic rings. The number of nitrogens with one attached hydrogen (secondary N) is 2. The van der Waals surface area contributed by atoms with Crippen molar-refractivity contribution >= 4 is 5.91 Å². The first-order valence-electron chi connectivity index (χ1n) is 10.00. The summed E-state index contributed by atoms with van der Waals surface area (Å²) in [5.41, 5.74) is 2.38. The monoisotopic (exact) mass is 385 g/mol. The standard InChI is InChI=1S/C20H27N5O3/c1-3-27-18-9-14-8-13(2)28-19(14)10-15(18)11-22-20(26)17-12-25(24-23-17)16-4-6-21-7-5-16/h9-10,12-13,16,21H,3-8,11H2,1-2H3,(H,22,26). The molecule has 1 amide bonds. The summed E-state index contributed by atoms with van der Waals surface area (Å²) in [4.78, 5) is 12.6. The zero-order valence-corrected chi connectivity index (χ0v) is 16.4. The predicted octanol–water partition coefficient (Wildman–Crippen LogP) is 1.85. The van der Waals surface area contributed by atoms with Crippen LogP contribution in [-0.4, -0.2) is 46.7 Å². The van der Waals surface area contributed by atoms with E-state index in [1.807, 2.05) is 30.7 Å². The number of hydrogen-bond donors (Lipinski definition) is 2. The lowest BCUT2D eigenvalue weighted by atomic mass is 10.1. The Labute approximate surface area is 164 Å². The molecule has 0 bridgehead atoms. The second-order valence-corrected chi connectivity index (χ2v) is 7.38. The molecule has 150 valence electrons. The fourth-order valence-electron chi connectivity index (χ4n) is 3.81. The quantitative estimate of drug-likeness (QED) is 0.789. The maximum Gasteiger partial charge on any atom is 0.273 e. The highest BCUT2D eigenvalue weighted by Gasteiger charge is 2.23. The van der Waals surface area contributed by atoms with Crippen LogP contribution in [0.4, 0.5) is 0 Å². The Morgan fingerprint density at radius 3 is 3.00 bits per heavy atom. The van der Waals surface area contributed by atoms with E-state index in [9.17, 15) is 4.79 Å². The highest BCUT2D eigenvalue weighted by atomic mass is 16.5. The Kier molecular flexibility index (Phi) is 5.47. The summed E-state index contributed by atoms with van der Waals surface area (Å²) in [6.07, 6.45) is 4.77. The molecular formula is C20H27N5O3. The predicted molar refractivity (Wildman–Crippen MR) is 104 cm³/mol. The van der Waals surface area contributed by atoms with Gasteiger partial charge in [0.2, 0.25) is 0 Å². The first-order chi connectivity index (χ1) is 13.6. The SMILES string of the molecule is CCOc1cc2c(cc1CNC(=O)c1cn(C3CCNCC3)nn1)OC(C)C2. The van der Waals surface area contributed by atoms with Gasteiger partial charge < -0.3 is 20.1 Å². The Morgan fingerprint density at radius 1 is 1.39 bits per heavy atom. The van der Waals surface area contributed by atoms with Crippen molar-refractivity contribution in [3.8, 4) is 11.5 Å². The molecule has 0 aliphatic carbocycles. The Bertz CT molecular complexity index is 844. The van der Waals surface area contributed by atoms with E-state index in [-0.39, 0.29) is 12.0 Å². The van der Waals surface area contributed by atoms with Crippen LogP contribution in [0.2, 0.25) is 0 Å². The molecule has 4 rings (SSSR count). The highest BCUT2D eigenvalue weighted by molar-refractivity contribution is 5.91. The number of rotatable bonds is 6. The number of ether oxygens (including phenoxy) is 2. The zero-order chi connectivity index (χ0) is 19.5. The van der Waals surface area contributed by atoms with Gasteiger partial charge in [-0.25, -0.2) is 4.68 Å². The number of carbonyl (C=O) groups excluding carboxylic acids is 1. The lowest BCUT2D eigenvalue weighted by molar-refractivity contribution is 0.0945. The van der Waals surface area contributed by atoms with Crippen LogP contribution in [0.25, 0.3) is 0 Å². The number of carbonyl (C=O) groups is 1. The minimum atomic E-state index is -0.239. The van der Waals surface area contributed by atoms with E-state index in [1.54, 1.807) is 6.20 Å².